The van der Waals surface area contributed by atoms with Crippen molar-refractivity contribution in [2.75, 3.05) is 14.2 Å². The highest BCUT2D eigenvalue weighted by molar-refractivity contribution is 9.10. The topological polar surface area (TPSA) is 69.2 Å². The van der Waals surface area contributed by atoms with E-state index in [2.05, 4.69) is 26.5 Å². The number of rotatable bonds is 8. The molecule has 0 spiro atoms. The van der Waals surface area contributed by atoms with Crippen molar-refractivity contribution >= 4 is 28.1 Å². The maximum absolute atomic E-state index is 12.6. The average Bonchev–Trinajstić information content (AvgIpc) is 2.78. The average molecular weight is 469 g/mol. The van der Waals surface area contributed by atoms with Gasteiger partial charge in [-0.25, -0.2) is 5.43 Å². The molecule has 3 rings (SSSR count). The van der Waals surface area contributed by atoms with Crippen molar-refractivity contribution < 1.29 is 19.0 Å². The molecular formula is C23H21BrN2O4. The molecule has 0 fully saturated rings. The molecule has 0 aromatic heterocycles. The molecule has 0 atom stereocenters. The summed E-state index contributed by atoms with van der Waals surface area (Å²) in [6.07, 6.45) is 1.53. The Morgan fingerprint density at radius 1 is 0.967 bits per heavy atom. The van der Waals surface area contributed by atoms with Crippen molar-refractivity contribution in [2.45, 2.75) is 6.61 Å². The summed E-state index contributed by atoms with van der Waals surface area (Å²) in [6, 6.07) is 20.2. The van der Waals surface area contributed by atoms with E-state index in [0.717, 1.165) is 15.6 Å². The second kappa shape index (κ2) is 10.5. The summed E-state index contributed by atoms with van der Waals surface area (Å²) in [4.78, 5) is 12.6. The lowest BCUT2D eigenvalue weighted by atomic mass is 10.2. The summed E-state index contributed by atoms with van der Waals surface area (Å²) in [7, 11) is 3.13. The Kier molecular flexibility index (Phi) is 7.45. The lowest BCUT2D eigenvalue weighted by Gasteiger charge is -2.10. The molecule has 0 bridgehead atoms. The number of amides is 1. The van der Waals surface area contributed by atoms with Crippen LogP contribution < -0.4 is 19.6 Å². The number of nitrogens with zero attached hydrogens (tertiary/aromatic N) is 1. The first kappa shape index (κ1) is 21.4. The van der Waals surface area contributed by atoms with Gasteiger partial charge in [0.25, 0.3) is 5.91 Å². The Labute approximate surface area is 183 Å². The summed E-state index contributed by atoms with van der Waals surface area (Å²) in [5, 5.41) is 4.04. The number of para-hydroxylation sites is 1. The van der Waals surface area contributed by atoms with E-state index >= 15 is 0 Å². The van der Waals surface area contributed by atoms with Crippen LogP contribution in [0.5, 0.6) is 17.2 Å². The lowest BCUT2D eigenvalue weighted by Crippen LogP contribution is -2.18. The van der Waals surface area contributed by atoms with Crippen LogP contribution in [0.2, 0.25) is 0 Å². The summed E-state index contributed by atoms with van der Waals surface area (Å²) in [5.74, 6) is 1.33. The zero-order valence-electron chi connectivity index (χ0n) is 16.6. The van der Waals surface area contributed by atoms with Crippen LogP contribution in [0.4, 0.5) is 0 Å². The predicted molar refractivity (Wildman–Crippen MR) is 120 cm³/mol. The zero-order valence-corrected chi connectivity index (χ0v) is 18.2. The molecule has 7 heteroatoms. The van der Waals surface area contributed by atoms with E-state index in [4.69, 9.17) is 14.2 Å². The molecule has 0 saturated heterocycles. The van der Waals surface area contributed by atoms with Gasteiger partial charge in [0, 0.05) is 4.47 Å². The van der Waals surface area contributed by atoms with Gasteiger partial charge in [-0.3, -0.25) is 4.79 Å². The van der Waals surface area contributed by atoms with Crippen LogP contribution in [0.3, 0.4) is 0 Å². The highest BCUT2D eigenvalue weighted by Crippen LogP contribution is 2.27. The van der Waals surface area contributed by atoms with Crippen LogP contribution >= 0.6 is 15.9 Å². The fourth-order valence-corrected chi connectivity index (χ4v) is 2.94. The smallest absolute Gasteiger partial charge is 0.275 e. The Bertz CT molecular complexity index is 1040. The van der Waals surface area contributed by atoms with Crippen LogP contribution in [-0.2, 0) is 6.61 Å². The molecule has 0 aliphatic rings. The zero-order chi connectivity index (χ0) is 21.3. The van der Waals surface area contributed by atoms with Gasteiger partial charge in [0.1, 0.15) is 12.4 Å². The maximum Gasteiger partial charge on any atom is 0.275 e. The van der Waals surface area contributed by atoms with Gasteiger partial charge in [-0.15, -0.1) is 0 Å². The van der Waals surface area contributed by atoms with Crippen molar-refractivity contribution in [1.29, 1.82) is 0 Å². The van der Waals surface area contributed by atoms with Gasteiger partial charge < -0.3 is 14.2 Å². The van der Waals surface area contributed by atoms with Crippen LogP contribution in [-0.4, -0.2) is 26.3 Å². The van der Waals surface area contributed by atoms with Crippen molar-refractivity contribution in [3.8, 4) is 17.2 Å². The van der Waals surface area contributed by atoms with E-state index in [1.807, 2.05) is 36.4 Å². The summed E-state index contributed by atoms with van der Waals surface area (Å²) >= 11 is 3.41. The van der Waals surface area contributed by atoms with Crippen molar-refractivity contribution in [3.63, 3.8) is 0 Å². The molecule has 0 unspecified atom stereocenters. The van der Waals surface area contributed by atoms with E-state index in [9.17, 15) is 4.79 Å². The third-order valence-electron chi connectivity index (χ3n) is 4.23. The third-order valence-corrected chi connectivity index (χ3v) is 4.76. The molecule has 30 heavy (non-hydrogen) atoms. The Morgan fingerprint density at radius 2 is 1.70 bits per heavy atom. The first-order chi connectivity index (χ1) is 14.6. The Balaban J connectivity index is 1.65. The number of methoxy groups -OCH3 is 2. The minimum absolute atomic E-state index is 0.354. The van der Waals surface area contributed by atoms with Gasteiger partial charge in [-0.05, 0) is 53.6 Å². The van der Waals surface area contributed by atoms with Crippen molar-refractivity contribution in [3.05, 3.63) is 87.9 Å². The molecule has 1 amide bonds. The van der Waals surface area contributed by atoms with Crippen LogP contribution in [0.15, 0.2) is 76.3 Å². The summed E-state index contributed by atoms with van der Waals surface area (Å²) in [6.45, 7) is 0.354. The minimum Gasteiger partial charge on any atom is -0.493 e. The molecular weight excluding hydrogens is 448 g/mol. The molecule has 0 aliphatic heterocycles. The highest BCUT2D eigenvalue weighted by atomic mass is 79.9. The molecule has 0 aliphatic carbocycles. The number of nitrogens with one attached hydrogen (secondary N) is 1. The first-order valence-electron chi connectivity index (χ1n) is 9.12. The second-order valence-corrected chi connectivity index (χ2v) is 7.14. The van der Waals surface area contributed by atoms with Gasteiger partial charge in [-0.1, -0.05) is 40.2 Å². The van der Waals surface area contributed by atoms with E-state index < -0.39 is 0 Å². The van der Waals surface area contributed by atoms with Gasteiger partial charge in [0.15, 0.2) is 11.5 Å². The standard InChI is InChI=1S/C23H21BrN2O4/c1-28-21-12-9-17(13-22(21)29-2)14-25-26-23(27)19-5-3-4-6-20(19)30-15-16-7-10-18(24)11-8-16/h3-14H,15H2,1-2H3,(H,26,27)/b25-14-. The predicted octanol–water partition coefficient (Wildman–Crippen LogP) is 4.81. The van der Waals surface area contributed by atoms with Crippen molar-refractivity contribution in [2.24, 2.45) is 5.10 Å². The molecule has 3 aromatic carbocycles. The molecule has 1 N–H and O–H groups in total. The quantitative estimate of drug-likeness (QED) is 0.380. The third kappa shape index (κ3) is 5.61. The number of hydrogen-bond donors (Lipinski definition) is 1. The van der Waals surface area contributed by atoms with Crippen LogP contribution in [0.1, 0.15) is 21.5 Å². The number of benzene rings is 3. The molecule has 0 saturated carbocycles. The van der Waals surface area contributed by atoms with Gasteiger partial charge in [0.2, 0.25) is 0 Å². The molecule has 3 aromatic rings. The van der Waals surface area contributed by atoms with E-state index in [1.54, 1.807) is 44.6 Å². The normalized spacial score (nSPS) is 10.6. The van der Waals surface area contributed by atoms with Crippen molar-refractivity contribution in [1.82, 2.24) is 5.43 Å². The number of carbonyl (C=O) groups excluding carboxylic acids is 1. The highest BCUT2D eigenvalue weighted by Gasteiger charge is 2.11. The SMILES string of the molecule is COc1ccc(/C=N\NC(=O)c2ccccc2OCc2ccc(Br)cc2)cc1OC. The number of halogens is 1. The number of hydrogen-bond acceptors (Lipinski definition) is 5. The van der Waals surface area contributed by atoms with E-state index in [0.29, 0.717) is 29.4 Å². The summed E-state index contributed by atoms with van der Waals surface area (Å²) in [5.41, 5.74) is 4.69. The number of carbonyl (C=O) groups is 1. The molecule has 0 heterocycles. The summed E-state index contributed by atoms with van der Waals surface area (Å²) < 4.78 is 17.3. The van der Waals surface area contributed by atoms with Crippen LogP contribution in [0, 0.1) is 0 Å². The van der Waals surface area contributed by atoms with Crippen LogP contribution in [0.25, 0.3) is 0 Å². The van der Waals surface area contributed by atoms with Gasteiger partial charge in [-0.2, -0.15) is 5.10 Å². The fourth-order valence-electron chi connectivity index (χ4n) is 2.68. The second-order valence-electron chi connectivity index (χ2n) is 6.22. The van der Waals surface area contributed by atoms with Gasteiger partial charge >= 0.3 is 0 Å². The first-order valence-corrected chi connectivity index (χ1v) is 9.91. The maximum atomic E-state index is 12.6. The minimum atomic E-state index is -0.363. The molecule has 154 valence electrons. The molecule has 0 radical (unpaired) electrons. The van der Waals surface area contributed by atoms with E-state index in [1.165, 1.54) is 6.21 Å². The number of ether oxygens (including phenoxy) is 3. The lowest BCUT2D eigenvalue weighted by molar-refractivity contribution is 0.0950. The Morgan fingerprint density at radius 3 is 2.43 bits per heavy atom. The monoisotopic (exact) mass is 468 g/mol. The fraction of sp³-hybridized carbons (Fsp3) is 0.130. The number of hydrazone groups is 1. The Hall–Kier alpha value is -3.32. The molecule has 6 nitrogen and oxygen atoms in total. The largest absolute Gasteiger partial charge is 0.493 e. The van der Waals surface area contributed by atoms with Gasteiger partial charge in [0.05, 0.1) is 26.0 Å². The van der Waals surface area contributed by atoms with E-state index in [-0.39, 0.29) is 5.91 Å².